The number of fused-ring (bicyclic) bond motifs is 1. The summed E-state index contributed by atoms with van der Waals surface area (Å²) in [6, 6.07) is 12.7. The SMILES string of the molecule is CC(C)CC(NC(=O)C(Cc1ccccc1)NC(=O)C(N)Cc1c[nH]c2ccccc12)C(=O)NC(CS)C(=O)O. The maximum Gasteiger partial charge on any atom is 0.327 e. The molecule has 0 radical (unpaired) electrons. The molecule has 4 unspecified atom stereocenters. The van der Waals surface area contributed by atoms with Crippen molar-refractivity contribution >= 4 is 47.2 Å². The Kier molecular flexibility index (Phi) is 11.2. The molecule has 0 saturated heterocycles. The van der Waals surface area contributed by atoms with Crippen molar-refractivity contribution in [2.45, 2.75) is 57.3 Å². The number of aromatic nitrogens is 1. The summed E-state index contributed by atoms with van der Waals surface area (Å²) in [5, 5.41) is 18.2. The molecule has 2 aromatic carbocycles. The van der Waals surface area contributed by atoms with E-state index in [1.165, 1.54) is 0 Å². The number of nitrogens with one attached hydrogen (secondary N) is 4. The number of thiol groups is 1. The van der Waals surface area contributed by atoms with E-state index in [9.17, 15) is 24.3 Å². The molecule has 3 amide bonds. The fourth-order valence-electron chi connectivity index (χ4n) is 4.40. The topological polar surface area (TPSA) is 166 Å². The molecule has 4 atom stereocenters. The van der Waals surface area contributed by atoms with Gasteiger partial charge in [0.15, 0.2) is 0 Å². The molecule has 214 valence electrons. The van der Waals surface area contributed by atoms with Gasteiger partial charge in [0.2, 0.25) is 17.7 Å². The van der Waals surface area contributed by atoms with Crippen LogP contribution >= 0.6 is 12.6 Å². The number of H-pyrrole nitrogens is 1. The van der Waals surface area contributed by atoms with E-state index in [0.29, 0.717) is 0 Å². The molecule has 0 saturated carbocycles. The maximum atomic E-state index is 13.5. The molecule has 0 spiro atoms. The summed E-state index contributed by atoms with van der Waals surface area (Å²) in [5.74, 6) is -3.03. The van der Waals surface area contributed by atoms with Gasteiger partial charge in [-0.25, -0.2) is 4.79 Å². The number of amides is 3. The van der Waals surface area contributed by atoms with E-state index in [1.54, 1.807) is 0 Å². The molecule has 3 aromatic rings. The molecule has 1 heterocycles. The third-order valence-corrected chi connectivity index (χ3v) is 6.87. The first kappa shape index (κ1) is 30.7. The first-order valence-corrected chi connectivity index (χ1v) is 13.8. The van der Waals surface area contributed by atoms with Gasteiger partial charge in [-0.3, -0.25) is 14.4 Å². The van der Waals surface area contributed by atoms with E-state index < -0.39 is 47.9 Å². The minimum atomic E-state index is -1.23. The van der Waals surface area contributed by atoms with Crippen molar-refractivity contribution in [1.82, 2.24) is 20.9 Å². The molecule has 0 aliphatic heterocycles. The number of benzene rings is 2. The minimum absolute atomic E-state index is 0.0158. The molecule has 40 heavy (non-hydrogen) atoms. The molecule has 10 nitrogen and oxygen atoms in total. The Labute approximate surface area is 238 Å². The van der Waals surface area contributed by atoms with Gasteiger partial charge < -0.3 is 31.8 Å². The predicted octanol–water partition coefficient (Wildman–Crippen LogP) is 1.80. The predicted molar refractivity (Wildman–Crippen MR) is 157 cm³/mol. The van der Waals surface area contributed by atoms with Gasteiger partial charge in [0, 0.05) is 29.3 Å². The van der Waals surface area contributed by atoms with Gasteiger partial charge in [-0.1, -0.05) is 62.4 Å². The Morgan fingerprint density at radius 2 is 1.45 bits per heavy atom. The largest absolute Gasteiger partial charge is 0.480 e. The number of hydrogen-bond donors (Lipinski definition) is 7. The zero-order chi connectivity index (χ0) is 29.2. The van der Waals surface area contributed by atoms with Gasteiger partial charge >= 0.3 is 5.97 Å². The third kappa shape index (κ3) is 8.59. The molecule has 0 aliphatic rings. The first-order chi connectivity index (χ1) is 19.1. The van der Waals surface area contributed by atoms with Gasteiger partial charge in [0.25, 0.3) is 0 Å². The molecule has 0 aliphatic carbocycles. The Bertz CT molecular complexity index is 1310. The molecule has 3 rings (SSSR count). The Morgan fingerprint density at radius 3 is 2.10 bits per heavy atom. The number of aromatic amines is 1. The van der Waals surface area contributed by atoms with Crippen LogP contribution in [0.1, 0.15) is 31.4 Å². The highest BCUT2D eigenvalue weighted by atomic mass is 32.1. The lowest BCUT2D eigenvalue weighted by molar-refractivity contribution is -0.141. The van der Waals surface area contributed by atoms with E-state index in [2.05, 4.69) is 33.6 Å². The van der Waals surface area contributed by atoms with Crippen molar-refractivity contribution in [2.75, 3.05) is 5.75 Å². The summed E-state index contributed by atoms with van der Waals surface area (Å²) >= 11 is 3.99. The van der Waals surface area contributed by atoms with E-state index in [-0.39, 0.29) is 30.9 Å². The average molecular weight is 568 g/mol. The van der Waals surface area contributed by atoms with Crippen LogP contribution in [0.3, 0.4) is 0 Å². The van der Waals surface area contributed by atoms with Crippen molar-refractivity contribution in [3.63, 3.8) is 0 Å². The van der Waals surface area contributed by atoms with Gasteiger partial charge in [0.05, 0.1) is 6.04 Å². The van der Waals surface area contributed by atoms with Crippen LogP contribution in [-0.2, 0) is 32.0 Å². The molecule has 11 heteroatoms. The van der Waals surface area contributed by atoms with Crippen molar-refractivity contribution in [1.29, 1.82) is 0 Å². The number of carbonyl (C=O) groups is 4. The highest BCUT2D eigenvalue weighted by Gasteiger charge is 2.30. The lowest BCUT2D eigenvalue weighted by atomic mass is 10.00. The van der Waals surface area contributed by atoms with Crippen LogP contribution in [0.5, 0.6) is 0 Å². The highest BCUT2D eigenvalue weighted by Crippen LogP contribution is 2.19. The van der Waals surface area contributed by atoms with Crippen molar-refractivity contribution in [3.05, 3.63) is 71.9 Å². The summed E-state index contributed by atoms with van der Waals surface area (Å²) in [5.41, 5.74) is 8.89. The second-order valence-corrected chi connectivity index (χ2v) is 10.6. The van der Waals surface area contributed by atoms with Crippen molar-refractivity contribution in [2.24, 2.45) is 11.7 Å². The standard InChI is InChI=1S/C29H37N5O5S/c1-17(2)12-23(27(36)34-25(16-40)29(38)39)33-28(37)24(13-18-8-4-3-5-9-18)32-26(35)21(30)14-19-15-31-22-11-7-6-10-20(19)22/h3-11,15,17,21,23-25,31,40H,12-14,16,30H2,1-2H3,(H,32,35)(H,33,37)(H,34,36)(H,38,39). The van der Waals surface area contributed by atoms with E-state index in [1.807, 2.05) is 74.6 Å². The first-order valence-electron chi connectivity index (χ1n) is 13.2. The fourth-order valence-corrected chi connectivity index (χ4v) is 4.65. The lowest BCUT2D eigenvalue weighted by Gasteiger charge is -2.26. The summed E-state index contributed by atoms with van der Waals surface area (Å²) in [6.45, 7) is 3.76. The smallest absolute Gasteiger partial charge is 0.327 e. The number of carbonyl (C=O) groups excluding carboxylic acids is 3. The van der Waals surface area contributed by atoms with Crippen LogP contribution in [0, 0.1) is 5.92 Å². The number of para-hydroxylation sites is 1. The highest BCUT2D eigenvalue weighted by molar-refractivity contribution is 7.80. The molecule has 0 fully saturated rings. The number of carboxylic acid groups (broad SMARTS) is 1. The zero-order valence-electron chi connectivity index (χ0n) is 22.6. The van der Waals surface area contributed by atoms with E-state index in [0.717, 1.165) is 22.0 Å². The number of aliphatic carboxylic acids is 1. The van der Waals surface area contributed by atoms with E-state index >= 15 is 0 Å². The lowest BCUT2D eigenvalue weighted by Crippen LogP contribution is -2.58. The summed E-state index contributed by atoms with van der Waals surface area (Å²) in [7, 11) is 0. The quantitative estimate of drug-likeness (QED) is 0.147. The fraction of sp³-hybridized carbons (Fsp3) is 0.379. The molecule has 0 bridgehead atoms. The van der Waals surface area contributed by atoms with Crippen LogP contribution < -0.4 is 21.7 Å². The van der Waals surface area contributed by atoms with Crippen molar-refractivity contribution < 1.29 is 24.3 Å². The van der Waals surface area contributed by atoms with E-state index in [4.69, 9.17) is 5.73 Å². The van der Waals surface area contributed by atoms with Crippen molar-refractivity contribution in [3.8, 4) is 0 Å². The van der Waals surface area contributed by atoms with Crippen LogP contribution in [0.15, 0.2) is 60.8 Å². The van der Waals surface area contributed by atoms with Gasteiger partial charge in [-0.15, -0.1) is 0 Å². The Morgan fingerprint density at radius 1 is 0.850 bits per heavy atom. The van der Waals surface area contributed by atoms with Gasteiger partial charge in [-0.05, 0) is 36.0 Å². The molecular formula is C29H37N5O5S. The molecule has 7 N–H and O–H groups in total. The van der Waals surface area contributed by atoms with Crippen LogP contribution in [-0.4, -0.2) is 63.7 Å². The van der Waals surface area contributed by atoms with Crippen LogP contribution in [0.2, 0.25) is 0 Å². The van der Waals surface area contributed by atoms with Crippen LogP contribution in [0.4, 0.5) is 0 Å². The Balaban J connectivity index is 1.76. The monoisotopic (exact) mass is 567 g/mol. The number of rotatable bonds is 14. The second kappa shape index (κ2) is 14.5. The third-order valence-electron chi connectivity index (χ3n) is 6.50. The number of hydrogen-bond acceptors (Lipinski definition) is 6. The maximum absolute atomic E-state index is 13.5. The van der Waals surface area contributed by atoms with Gasteiger partial charge in [0.1, 0.15) is 18.1 Å². The molecule has 1 aromatic heterocycles. The summed E-state index contributed by atoms with van der Waals surface area (Å²) < 4.78 is 0. The van der Waals surface area contributed by atoms with Crippen LogP contribution in [0.25, 0.3) is 10.9 Å². The zero-order valence-corrected chi connectivity index (χ0v) is 23.5. The summed E-state index contributed by atoms with van der Waals surface area (Å²) in [6.07, 6.45) is 2.51. The average Bonchev–Trinajstić information content (AvgIpc) is 3.33. The number of nitrogens with two attached hydrogens (primary N) is 1. The minimum Gasteiger partial charge on any atom is -0.480 e. The summed E-state index contributed by atoms with van der Waals surface area (Å²) in [4.78, 5) is 54.2. The number of carboxylic acids is 1. The molecular weight excluding hydrogens is 530 g/mol. The van der Waals surface area contributed by atoms with Gasteiger partial charge in [-0.2, -0.15) is 12.6 Å². The second-order valence-electron chi connectivity index (χ2n) is 10.2. The normalized spacial score (nSPS) is 14.2. The Hall–Kier alpha value is -3.83.